The number of hydrogen-bond donors (Lipinski definition) is 1. The van der Waals surface area contributed by atoms with E-state index in [0.29, 0.717) is 6.04 Å². The minimum absolute atomic E-state index is 0.332. The third-order valence-electron chi connectivity index (χ3n) is 2.72. The van der Waals surface area contributed by atoms with Gasteiger partial charge < -0.3 is 10.1 Å². The van der Waals surface area contributed by atoms with Crippen LogP contribution in [0, 0.1) is 0 Å². The van der Waals surface area contributed by atoms with Gasteiger partial charge in [-0.15, -0.1) is 0 Å². The fourth-order valence-corrected chi connectivity index (χ4v) is 2.17. The van der Waals surface area contributed by atoms with Crippen molar-refractivity contribution in [3.8, 4) is 11.5 Å². The van der Waals surface area contributed by atoms with E-state index in [-0.39, 0.29) is 0 Å². The molecule has 0 aliphatic rings. The van der Waals surface area contributed by atoms with Crippen molar-refractivity contribution >= 4 is 15.9 Å². The average molecular weight is 324 g/mol. The summed E-state index contributed by atoms with van der Waals surface area (Å²) in [6.07, 6.45) is 3.65. The van der Waals surface area contributed by atoms with Crippen LogP contribution < -0.4 is 10.1 Å². The van der Waals surface area contributed by atoms with Gasteiger partial charge in [-0.05, 0) is 39.1 Å². The molecule has 4 nitrogen and oxygen atoms in total. The lowest BCUT2D eigenvalue weighted by molar-refractivity contribution is 0.469. The lowest BCUT2D eigenvalue weighted by Gasteiger charge is -2.10. The van der Waals surface area contributed by atoms with Crippen LogP contribution in [-0.4, -0.2) is 16.8 Å². The maximum absolute atomic E-state index is 5.90. The van der Waals surface area contributed by atoms with E-state index >= 15 is 0 Å². The summed E-state index contributed by atoms with van der Waals surface area (Å²) in [6.45, 7) is 4.93. The Morgan fingerprint density at radius 1 is 1.42 bits per heavy atom. The molecule has 2 aromatic rings. The highest BCUT2D eigenvalue weighted by Crippen LogP contribution is 2.28. The maximum Gasteiger partial charge on any atom is 0.165 e. The third-order valence-corrected chi connectivity index (χ3v) is 3.22. The summed E-state index contributed by atoms with van der Waals surface area (Å²) >= 11 is 3.48. The molecule has 0 aliphatic heterocycles. The molecule has 0 spiro atoms. The van der Waals surface area contributed by atoms with Crippen LogP contribution in [0.25, 0.3) is 0 Å². The summed E-state index contributed by atoms with van der Waals surface area (Å²) in [6, 6.07) is 6.32. The number of benzene rings is 1. The Kier molecular flexibility index (Phi) is 4.61. The van der Waals surface area contributed by atoms with Gasteiger partial charge in [0.15, 0.2) is 5.75 Å². The number of halogens is 1. The highest BCUT2D eigenvalue weighted by Gasteiger charge is 2.08. The van der Waals surface area contributed by atoms with Gasteiger partial charge in [-0.25, -0.2) is 0 Å². The van der Waals surface area contributed by atoms with Crippen LogP contribution in [0.15, 0.2) is 35.1 Å². The summed E-state index contributed by atoms with van der Waals surface area (Å²) < 4.78 is 8.83. The second kappa shape index (κ2) is 6.21. The Bertz CT molecular complexity index is 551. The normalized spacial score (nSPS) is 11.0. The van der Waals surface area contributed by atoms with E-state index < -0.39 is 0 Å². The second-order valence-electron chi connectivity index (χ2n) is 4.63. The molecule has 0 bridgehead atoms. The van der Waals surface area contributed by atoms with Crippen LogP contribution in [0.5, 0.6) is 11.5 Å². The van der Waals surface area contributed by atoms with E-state index in [4.69, 9.17) is 4.74 Å². The first-order valence-electron chi connectivity index (χ1n) is 6.25. The molecule has 1 N–H and O–H groups in total. The van der Waals surface area contributed by atoms with Crippen molar-refractivity contribution in [2.24, 2.45) is 0 Å². The smallest absolute Gasteiger partial charge is 0.165 e. The SMILES string of the molecule is CNCc1cc(Br)ccc1Oc1cnn(C(C)C)c1. The quantitative estimate of drug-likeness (QED) is 0.911. The molecule has 0 unspecified atom stereocenters. The predicted octanol–water partition coefficient (Wildman–Crippen LogP) is 3.74. The molecule has 0 fully saturated rings. The molecule has 0 saturated carbocycles. The van der Waals surface area contributed by atoms with E-state index in [1.54, 1.807) is 6.20 Å². The zero-order chi connectivity index (χ0) is 13.8. The Morgan fingerprint density at radius 3 is 2.84 bits per heavy atom. The first-order valence-corrected chi connectivity index (χ1v) is 7.04. The van der Waals surface area contributed by atoms with Crippen molar-refractivity contribution in [1.82, 2.24) is 15.1 Å². The number of hydrogen-bond acceptors (Lipinski definition) is 3. The molecule has 102 valence electrons. The molecule has 0 saturated heterocycles. The van der Waals surface area contributed by atoms with E-state index in [1.165, 1.54) is 0 Å². The van der Waals surface area contributed by atoms with Gasteiger partial charge in [0.1, 0.15) is 5.75 Å². The molecule has 1 aromatic heterocycles. The highest BCUT2D eigenvalue weighted by atomic mass is 79.9. The maximum atomic E-state index is 5.90. The predicted molar refractivity (Wildman–Crippen MR) is 79.6 cm³/mol. The van der Waals surface area contributed by atoms with E-state index in [0.717, 1.165) is 28.1 Å². The molecular formula is C14H18BrN3O. The van der Waals surface area contributed by atoms with Crippen LogP contribution >= 0.6 is 15.9 Å². The number of rotatable bonds is 5. The van der Waals surface area contributed by atoms with Crippen molar-refractivity contribution in [1.29, 1.82) is 0 Å². The molecule has 5 heteroatoms. The van der Waals surface area contributed by atoms with Gasteiger partial charge in [-0.1, -0.05) is 15.9 Å². The minimum atomic E-state index is 0.332. The van der Waals surface area contributed by atoms with Gasteiger partial charge >= 0.3 is 0 Å². The van der Waals surface area contributed by atoms with Crippen LogP contribution in [-0.2, 0) is 6.54 Å². The van der Waals surface area contributed by atoms with Crippen molar-refractivity contribution in [2.45, 2.75) is 26.4 Å². The Hall–Kier alpha value is -1.33. The molecular weight excluding hydrogens is 306 g/mol. The molecule has 1 aromatic carbocycles. The van der Waals surface area contributed by atoms with Crippen molar-refractivity contribution in [2.75, 3.05) is 7.05 Å². The van der Waals surface area contributed by atoms with Gasteiger partial charge in [0, 0.05) is 22.6 Å². The van der Waals surface area contributed by atoms with Gasteiger partial charge in [0.05, 0.1) is 12.4 Å². The monoisotopic (exact) mass is 323 g/mol. The zero-order valence-electron chi connectivity index (χ0n) is 11.4. The van der Waals surface area contributed by atoms with Crippen molar-refractivity contribution in [3.05, 3.63) is 40.6 Å². The first kappa shape index (κ1) is 14.1. The molecule has 0 atom stereocenters. The lowest BCUT2D eigenvalue weighted by Crippen LogP contribution is -2.06. The molecule has 0 amide bonds. The van der Waals surface area contributed by atoms with Crippen molar-refractivity contribution < 1.29 is 4.74 Å². The fraction of sp³-hybridized carbons (Fsp3) is 0.357. The summed E-state index contributed by atoms with van der Waals surface area (Å²) in [4.78, 5) is 0. The van der Waals surface area contributed by atoms with Crippen LogP contribution in [0.2, 0.25) is 0 Å². The number of nitrogens with one attached hydrogen (secondary N) is 1. The van der Waals surface area contributed by atoms with Gasteiger partial charge in [-0.3, -0.25) is 4.68 Å². The Balaban J connectivity index is 2.21. The number of aromatic nitrogens is 2. The average Bonchev–Trinajstić information content (AvgIpc) is 2.82. The molecule has 1 heterocycles. The largest absolute Gasteiger partial charge is 0.454 e. The Labute approximate surface area is 121 Å². The van der Waals surface area contributed by atoms with Gasteiger partial charge in [0.25, 0.3) is 0 Å². The Morgan fingerprint density at radius 2 is 2.21 bits per heavy atom. The van der Waals surface area contributed by atoms with E-state index in [9.17, 15) is 0 Å². The van der Waals surface area contributed by atoms with Gasteiger partial charge in [0.2, 0.25) is 0 Å². The molecule has 2 rings (SSSR count). The molecule has 19 heavy (non-hydrogen) atoms. The van der Waals surface area contributed by atoms with E-state index in [1.807, 2.05) is 30.1 Å². The summed E-state index contributed by atoms with van der Waals surface area (Å²) in [5, 5.41) is 7.41. The molecule has 0 radical (unpaired) electrons. The topological polar surface area (TPSA) is 39.1 Å². The lowest BCUT2D eigenvalue weighted by atomic mass is 10.2. The zero-order valence-corrected chi connectivity index (χ0v) is 12.9. The van der Waals surface area contributed by atoms with Crippen LogP contribution in [0.4, 0.5) is 0 Å². The second-order valence-corrected chi connectivity index (χ2v) is 5.55. The minimum Gasteiger partial charge on any atom is -0.454 e. The highest BCUT2D eigenvalue weighted by molar-refractivity contribution is 9.10. The first-order chi connectivity index (χ1) is 9.10. The van der Waals surface area contributed by atoms with Crippen molar-refractivity contribution in [3.63, 3.8) is 0 Å². The van der Waals surface area contributed by atoms with E-state index in [2.05, 4.69) is 46.3 Å². The third kappa shape index (κ3) is 3.58. The molecule has 0 aliphatic carbocycles. The summed E-state index contributed by atoms with van der Waals surface area (Å²) in [7, 11) is 1.92. The fourth-order valence-electron chi connectivity index (χ4n) is 1.76. The summed E-state index contributed by atoms with van der Waals surface area (Å²) in [5.74, 6) is 1.61. The van der Waals surface area contributed by atoms with Gasteiger partial charge in [-0.2, -0.15) is 5.10 Å². The standard InChI is InChI=1S/C14H18BrN3O/c1-10(2)18-9-13(8-17-18)19-14-5-4-12(15)6-11(14)7-16-3/h4-6,8-10,16H,7H2,1-3H3. The van der Waals surface area contributed by atoms with Crippen LogP contribution in [0.1, 0.15) is 25.5 Å². The summed E-state index contributed by atoms with van der Waals surface area (Å²) in [5.41, 5.74) is 1.11. The number of nitrogens with zero attached hydrogens (tertiary/aromatic N) is 2. The van der Waals surface area contributed by atoms with Crippen LogP contribution in [0.3, 0.4) is 0 Å². The number of ether oxygens (including phenoxy) is 1.